The second-order valence-corrected chi connectivity index (χ2v) is 2.91. The lowest BCUT2D eigenvalue weighted by Crippen LogP contribution is -1.94. The van der Waals surface area contributed by atoms with Gasteiger partial charge in [0.15, 0.2) is 0 Å². The van der Waals surface area contributed by atoms with Gasteiger partial charge < -0.3 is 9.84 Å². The van der Waals surface area contributed by atoms with E-state index < -0.39 is 0 Å². The maximum Gasteiger partial charge on any atom is 0.125 e. The van der Waals surface area contributed by atoms with Crippen molar-refractivity contribution in [3.05, 3.63) is 28.3 Å². The van der Waals surface area contributed by atoms with Crippen LogP contribution in [0.2, 0.25) is 5.02 Å². The molecule has 1 aromatic carbocycles. The van der Waals surface area contributed by atoms with Crippen molar-refractivity contribution in [3.8, 4) is 5.75 Å². The Kier molecular flexibility index (Phi) is 2.95. The minimum absolute atomic E-state index is 0.0936. The lowest BCUT2D eigenvalue weighted by molar-refractivity contribution is 0.274. The van der Waals surface area contributed by atoms with Gasteiger partial charge in [0.1, 0.15) is 5.75 Å². The predicted molar refractivity (Wildman–Crippen MR) is 48.7 cm³/mol. The number of ether oxygens (including phenoxy) is 1. The molecule has 1 aromatic rings. The van der Waals surface area contributed by atoms with Crippen LogP contribution in [0.25, 0.3) is 0 Å². The molecule has 0 atom stereocenters. The van der Waals surface area contributed by atoms with Crippen LogP contribution in [-0.4, -0.2) is 12.2 Å². The van der Waals surface area contributed by atoms with Crippen molar-refractivity contribution in [2.24, 2.45) is 0 Å². The second-order valence-electron chi connectivity index (χ2n) is 2.54. The Balaban J connectivity index is 3.25. The highest BCUT2D eigenvalue weighted by Gasteiger charge is 2.08. The zero-order valence-corrected chi connectivity index (χ0v) is 7.85. The molecule has 0 aliphatic heterocycles. The average Bonchev–Trinajstić information content (AvgIpc) is 2.09. The van der Waals surface area contributed by atoms with Crippen LogP contribution in [0.15, 0.2) is 12.1 Å². The van der Waals surface area contributed by atoms with Gasteiger partial charge in [-0.2, -0.15) is 0 Å². The second kappa shape index (κ2) is 3.78. The van der Waals surface area contributed by atoms with E-state index in [0.717, 1.165) is 5.56 Å². The molecule has 0 fully saturated rings. The first kappa shape index (κ1) is 9.36. The van der Waals surface area contributed by atoms with Crippen LogP contribution in [0.5, 0.6) is 5.75 Å². The molecule has 0 unspecified atom stereocenters. The van der Waals surface area contributed by atoms with Crippen molar-refractivity contribution in [1.82, 2.24) is 0 Å². The quantitative estimate of drug-likeness (QED) is 0.767. The molecule has 0 heterocycles. The SMILES string of the molecule is COc1ccc(C)c(Cl)c1CO. The molecular formula is C9H11ClO2. The molecule has 1 N–H and O–H groups in total. The molecule has 0 aliphatic carbocycles. The van der Waals surface area contributed by atoms with Gasteiger partial charge in [0, 0.05) is 5.56 Å². The summed E-state index contributed by atoms with van der Waals surface area (Å²) in [4.78, 5) is 0. The minimum Gasteiger partial charge on any atom is -0.496 e. The van der Waals surface area contributed by atoms with Gasteiger partial charge in [0.2, 0.25) is 0 Å². The minimum atomic E-state index is -0.0936. The molecule has 0 spiro atoms. The van der Waals surface area contributed by atoms with E-state index in [-0.39, 0.29) is 6.61 Å². The summed E-state index contributed by atoms with van der Waals surface area (Å²) in [6.45, 7) is 1.80. The van der Waals surface area contributed by atoms with E-state index >= 15 is 0 Å². The number of methoxy groups -OCH3 is 1. The molecule has 0 aromatic heterocycles. The molecule has 1 rings (SSSR count). The number of benzene rings is 1. The van der Waals surface area contributed by atoms with Crippen LogP contribution in [0, 0.1) is 6.92 Å². The summed E-state index contributed by atoms with van der Waals surface area (Å²) in [6.07, 6.45) is 0. The van der Waals surface area contributed by atoms with Gasteiger partial charge in [-0.05, 0) is 18.6 Å². The van der Waals surface area contributed by atoms with Crippen molar-refractivity contribution in [2.45, 2.75) is 13.5 Å². The fourth-order valence-corrected chi connectivity index (χ4v) is 1.28. The van der Waals surface area contributed by atoms with Crippen molar-refractivity contribution in [1.29, 1.82) is 0 Å². The van der Waals surface area contributed by atoms with Gasteiger partial charge >= 0.3 is 0 Å². The average molecular weight is 187 g/mol. The van der Waals surface area contributed by atoms with Crippen molar-refractivity contribution >= 4 is 11.6 Å². The molecule has 66 valence electrons. The van der Waals surface area contributed by atoms with Gasteiger partial charge in [-0.25, -0.2) is 0 Å². The number of halogens is 1. The largest absolute Gasteiger partial charge is 0.496 e. The topological polar surface area (TPSA) is 29.5 Å². The Morgan fingerprint density at radius 3 is 2.67 bits per heavy atom. The summed E-state index contributed by atoms with van der Waals surface area (Å²) >= 11 is 5.94. The van der Waals surface area contributed by atoms with Crippen LogP contribution in [0.1, 0.15) is 11.1 Å². The van der Waals surface area contributed by atoms with Crippen LogP contribution in [0.3, 0.4) is 0 Å². The van der Waals surface area contributed by atoms with Crippen LogP contribution >= 0.6 is 11.6 Å². The number of aliphatic hydroxyl groups excluding tert-OH is 1. The van der Waals surface area contributed by atoms with E-state index in [9.17, 15) is 0 Å². The fraction of sp³-hybridized carbons (Fsp3) is 0.333. The molecule has 0 amide bonds. The van der Waals surface area contributed by atoms with Crippen LogP contribution in [-0.2, 0) is 6.61 Å². The molecule has 0 saturated heterocycles. The van der Waals surface area contributed by atoms with Gasteiger partial charge in [-0.1, -0.05) is 17.7 Å². The highest BCUT2D eigenvalue weighted by atomic mass is 35.5. The molecule has 3 heteroatoms. The van der Waals surface area contributed by atoms with Crippen LogP contribution in [0.4, 0.5) is 0 Å². The fourth-order valence-electron chi connectivity index (χ4n) is 1.06. The Morgan fingerprint density at radius 2 is 2.17 bits per heavy atom. The lowest BCUT2D eigenvalue weighted by Gasteiger charge is -2.09. The zero-order chi connectivity index (χ0) is 9.14. The van der Waals surface area contributed by atoms with Gasteiger partial charge in [0.25, 0.3) is 0 Å². The normalized spacial score (nSPS) is 10.0. The third kappa shape index (κ3) is 1.54. The summed E-state index contributed by atoms with van der Waals surface area (Å²) in [5, 5.41) is 9.57. The summed E-state index contributed by atoms with van der Waals surface area (Å²) in [6, 6.07) is 3.66. The van der Waals surface area contributed by atoms with E-state index in [1.54, 1.807) is 13.2 Å². The summed E-state index contributed by atoms with van der Waals surface area (Å²) in [5.41, 5.74) is 1.60. The first-order valence-electron chi connectivity index (χ1n) is 3.63. The molecule has 0 saturated carbocycles. The predicted octanol–water partition coefficient (Wildman–Crippen LogP) is 2.15. The van der Waals surface area contributed by atoms with Gasteiger partial charge in [-0.15, -0.1) is 0 Å². The first-order valence-corrected chi connectivity index (χ1v) is 4.01. The van der Waals surface area contributed by atoms with Crippen molar-refractivity contribution in [3.63, 3.8) is 0 Å². The number of hydrogen-bond donors (Lipinski definition) is 1. The van der Waals surface area contributed by atoms with E-state index in [1.807, 2.05) is 13.0 Å². The third-order valence-electron chi connectivity index (χ3n) is 1.77. The Morgan fingerprint density at radius 1 is 1.50 bits per heavy atom. The molecular weight excluding hydrogens is 176 g/mol. The monoisotopic (exact) mass is 186 g/mol. The Hall–Kier alpha value is -0.730. The maximum atomic E-state index is 8.99. The lowest BCUT2D eigenvalue weighted by atomic mass is 10.1. The number of aliphatic hydroxyl groups is 1. The van der Waals surface area contributed by atoms with E-state index in [2.05, 4.69) is 0 Å². The summed E-state index contributed by atoms with van der Waals surface area (Å²) < 4.78 is 5.03. The molecule has 12 heavy (non-hydrogen) atoms. The van der Waals surface area contributed by atoms with Crippen molar-refractivity contribution in [2.75, 3.05) is 7.11 Å². The maximum absolute atomic E-state index is 8.99. The Labute approximate surface area is 76.7 Å². The highest BCUT2D eigenvalue weighted by Crippen LogP contribution is 2.29. The first-order chi connectivity index (χ1) is 5.70. The third-order valence-corrected chi connectivity index (χ3v) is 2.30. The molecule has 0 bridgehead atoms. The smallest absolute Gasteiger partial charge is 0.125 e. The highest BCUT2D eigenvalue weighted by molar-refractivity contribution is 6.32. The number of aryl methyl sites for hydroxylation is 1. The number of rotatable bonds is 2. The Bertz CT molecular complexity index is 284. The number of hydrogen-bond acceptors (Lipinski definition) is 2. The van der Waals surface area contributed by atoms with E-state index in [1.165, 1.54) is 0 Å². The summed E-state index contributed by atoms with van der Waals surface area (Å²) in [7, 11) is 1.56. The van der Waals surface area contributed by atoms with Crippen molar-refractivity contribution < 1.29 is 9.84 Å². The van der Waals surface area contributed by atoms with Gasteiger partial charge in [0.05, 0.1) is 18.7 Å². The van der Waals surface area contributed by atoms with Crippen LogP contribution < -0.4 is 4.74 Å². The molecule has 2 nitrogen and oxygen atoms in total. The standard InChI is InChI=1S/C9H11ClO2/c1-6-3-4-8(12-2)7(5-11)9(6)10/h3-4,11H,5H2,1-2H3. The summed E-state index contributed by atoms with van der Waals surface area (Å²) in [5.74, 6) is 0.633. The van der Waals surface area contributed by atoms with E-state index in [4.69, 9.17) is 21.4 Å². The van der Waals surface area contributed by atoms with E-state index in [0.29, 0.717) is 16.3 Å². The zero-order valence-electron chi connectivity index (χ0n) is 7.10. The molecule has 0 aliphatic rings. The van der Waals surface area contributed by atoms with Gasteiger partial charge in [-0.3, -0.25) is 0 Å². The molecule has 0 radical (unpaired) electrons.